The lowest BCUT2D eigenvalue weighted by molar-refractivity contribution is 0.0929. The molecule has 0 saturated heterocycles. The zero-order valence-electron chi connectivity index (χ0n) is 20.0. The highest BCUT2D eigenvalue weighted by Crippen LogP contribution is 2.48. The van der Waals surface area contributed by atoms with Gasteiger partial charge in [0.2, 0.25) is 0 Å². The van der Waals surface area contributed by atoms with Crippen molar-refractivity contribution in [3.63, 3.8) is 0 Å². The highest BCUT2D eigenvalue weighted by Gasteiger charge is 2.49. The van der Waals surface area contributed by atoms with Crippen molar-refractivity contribution < 1.29 is 26.7 Å². The number of hydrogen-bond donors (Lipinski definition) is 2. The van der Waals surface area contributed by atoms with Gasteiger partial charge in [-0.2, -0.15) is 0 Å². The van der Waals surface area contributed by atoms with Crippen LogP contribution in [-0.2, 0) is 6.42 Å². The van der Waals surface area contributed by atoms with Crippen LogP contribution in [0.25, 0.3) is 10.9 Å². The number of nitrogens with zero attached hydrogens (tertiary/aromatic N) is 2. The Morgan fingerprint density at radius 3 is 2.78 bits per heavy atom. The Bertz CT molecular complexity index is 1240. The van der Waals surface area contributed by atoms with Gasteiger partial charge in [-0.15, -0.1) is 0 Å². The predicted molar refractivity (Wildman–Crippen MR) is 126 cm³/mol. The van der Waals surface area contributed by atoms with Crippen LogP contribution in [0.4, 0.5) is 22.0 Å². The van der Waals surface area contributed by atoms with Crippen molar-refractivity contribution >= 4 is 10.9 Å². The van der Waals surface area contributed by atoms with Crippen molar-refractivity contribution in [3.8, 4) is 5.88 Å². The molecule has 2 N–H and O–H groups in total. The summed E-state index contributed by atoms with van der Waals surface area (Å²) < 4.78 is 77.9. The molecule has 0 radical (unpaired) electrons. The molecule has 3 aromatic rings. The van der Waals surface area contributed by atoms with Gasteiger partial charge in [0, 0.05) is 35.7 Å². The van der Waals surface area contributed by atoms with Crippen LogP contribution in [-0.4, -0.2) is 59.5 Å². The van der Waals surface area contributed by atoms with Gasteiger partial charge in [0.15, 0.2) is 5.82 Å². The molecule has 3 heterocycles. The third-order valence-corrected chi connectivity index (χ3v) is 7.09. The fraction of sp³-hybridized carbons (Fsp3) is 0.500. The standard InChI is InChI=1S/C26H29F5N4O/c1-15-11-18-17-12-16(28)3-4-20(17)34-23(18)24(35(15)14-26(31)5-6-26)21-19(29)13-33-25(22(21)30)36-10-9-32-8-2-7-27/h3-4,12-13,15,24,32,34H,2,5-11,14H2,1H3/t15-,24?/m1/s1. The molecule has 10 heteroatoms. The smallest absolute Gasteiger partial charge is 0.250 e. The summed E-state index contributed by atoms with van der Waals surface area (Å²) in [5, 5.41) is 3.62. The van der Waals surface area contributed by atoms with E-state index in [-0.39, 0.29) is 30.6 Å². The molecule has 2 aromatic heterocycles. The number of nitrogens with one attached hydrogen (secondary N) is 2. The predicted octanol–water partition coefficient (Wildman–Crippen LogP) is 5.15. The maximum absolute atomic E-state index is 15.8. The number of halogens is 5. The van der Waals surface area contributed by atoms with E-state index in [1.807, 2.05) is 6.92 Å². The van der Waals surface area contributed by atoms with Crippen molar-refractivity contribution in [3.05, 3.63) is 58.7 Å². The maximum atomic E-state index is 15.8. The van der Waals surface area contributed by atoms with E-state index in [4.69, 9.17) is 4.74 Å². The highest BCUT2D eigenvalue weighted by atomic mass is 19.2. The van der Waals surface area contributed by atoms with E-state index in [2.05, 4.69) is 15.3 Å². The third kappa shape index (κ3) is 4.80. The fourth-order valence-corrected chi connectivity index (χ4v) is 5.05. The van der Waals surface area contributed by atoms with Crippen LogP contribution in [0.5, 0.6) is 5.88 Å². The minimum absolute atomic E-state index is 0.0257. The second-order valence-corrected chi connectivity index (χ2v) is 9.77. The number of fused-ring (bicyclic) bond motifs is 3. The summed E-state index contributed by atoms with van der Waals surface area (Å²) in [4.78, 5) is 8.81. The summed E-state index contributed by atoms with van der Waals surface area (Å²) >= 11 is 0. The Kier molecular flexibility index (Phi) is 6.91. The first-order valence-corrected chi connectivity index (χ1v) is 12.3. The normalized spacial score (nSPS) is 21.1. The number of rotatable bonds is 10. The molecular weight excluding hydrogens is 479 g/mol. The maximum Gasteiger partial charge on any atom is 0.250 e. The van der Waals surface area contributed by atoms with E-state index in [1.165, 1.54) is 12.1 Å². The number of aromatic nitrogens is 2. The zero-order valence-corrected chi connectivity index (χ0v) is 20.0. The van der Waals surface area contributed by atoms with Crippen molar-refractivity contribution in [1.29, 1.82) is 0 Å². The van der Waals surface area contributed by atoms with Gasteiger partial charge in [-0.3, -0.25) is 9.29 Å². The quantitative estimate of drug-likeness (QED) is 0.294. The third-order valence-electron chi connectivity index (χ3n) is 7.09. The first-order chi connectivity index (χ1) is 17.3. The average molecular weight is 509 g/mol. The number of ether oxygens (including phenoxy) is 1. The van der Waals surface area contributed by atoms with E-state index in [0.29, 0.717) is 55.4 Å². The van der Waals surface area contributed by atoms with Crippen LogP contribution in [0.3, 0.4) is 0 Å². The summed E-state index contributed by atoms with van der Waals surface area (Å²) in [5.41, 5.74) is 0.243. The number of benzene rings is 1. The monoisotopic (exact) mass is 508 g/mol. The Morgan fingerprint density at radius 1 is 1.22 bits per heavy atom. The van der Waals surface area contributed by atoms with Crippen LogP contribution in [0.15, 0.2) is 24.4 Å². The van der Waals surface area contributed by atoms with E-state index in [0.717, 1.165) is 11.8 Å². The van der Waals surface area contributed by atoms with Gasteiger partial charge in [-0.25, -0.2) is 22.5 Å². The largest absolute Gasteiger partial charge is 0.474 e. The molecule has 2 atom stereocenters. The first-order valence-electron chi connectivity index (χ1n) is 12.3. The number of hydrogen-bond acceptors (Lipinski definition) is 4. The molecule has 5 rings (SSSR count). The summed E-state index contributed by atoms with van der Waals surface area (Å²) in [5.74, 6) is -2.59. The van der Waals surface area contributed by atoms with Gasteiger partial charge in [0.05, 0.1) is 24.5 Å². The van der Waals surface area contributed by atoms with Gasteiger partial charge in [0.1, 0.15) is 23.9 Å². The number of alkyl halides is 2. The van der Waals surface area contributed by atoms with Crippen LogP contribution < -0.4 is 10.1 Å². The molecule has 0 amide bonds. The van der Waals surface area contributed by atoms with E-state index < -0.39 is 35.8 Å². The van der Waals surface area contributed by atoms with Gasteiger partial charge >= 0.3 is 0 Å². The Morgan fingerprint density at radius 2 is 2.03 bits per heavy atom. The zero-order chi connectivity index (χ0) is 25.4. The van der Waals surface area contributed by atoms with Gasteiger partial charge < -0.3 is 15.0 Å². The van der Waals surface area contributed by atoms with E-state index >= 15 is 8.78 Å². The average Bonchev–Trinajstić information content (AvgIpc) is 3.47. The van der Waals surface area contributed by atoms with Crippen LogP contribution in [0.2, 0.25) is 0 Å². The van der Waals surface area contributed by atoms with Crippen LogP contribution >= 0.6 is 0 Å². The van der Waals surface area contributed by atoms with Crippen LogP contribution in [0, 0.1) is 17.5 Å². The lowest BCUT2D eigenvalue weighted by atomic mass is 9.88. The molecular formula is C26H29F5N4O. The SMILES string of the molecule is C[C@@H]1Cc2c([nH]c3ccc(F)cc23)C(c2c(F)cnc(OCCNCCCF)c2F)N1CC1(F)CC1. The molecule has 1 fully saturated rings. The molecule has 1 aromatic carbocycles. The Hall–Kier alpha value is -2.72. The molecule has 5 nitrogen and oxygen atoms in total. The minimum atomic E-state index is -1.40. The minimum Gasteiger partial charge on any atom is -0.474 e. The van der Waals surface area contributed by atoms with E-state index in [1.54, 1.807) is 11.0 Å². The van der Waals surface area contributed by atoms with Gasteiger partial charge in [0.25, 0.3) is 5.88 Å². The second-order valence-electron chi connectivity index (χ2n) is 9.77. The van der Waals surface area contributed by atoms with Crippen LogP contribution in [0.1, 0.15) is 49.0 Å². The number of H-pyrrole nitrogens is 1. The number of aromatic amines is 1. The molecule has 1 saturated carbocycles. The molecule has 2 aliphatic rings. The summed E-state index contributed by atoms with van der Waals surface area (Å²) in [6.45, 7) is 2.31. The highest BCUT2D eigenvalue weighted by molar-refractivity contribution is 5.85. The fourth-order valence-electron chi connectivity index (χ4n) is 5.05. The Labute approximate surface area is 206 Å². The lowest BCUT2D eigenvalue weighted by Crippen LogP contribution is -2.46. The molecule has 1 unspecified atom stereocenters. The first kappa shape index (κ1) is 25.0. The molecule has 36 heavy (non-hydrogen) atoms. The van der Waals surface area contributed by atoms with Gasteiger partial charge in [-0.05, 0) is 62.9 Å². The second kappa shape index (κ2) is 9.97. The number of pyridine rings is 1. The molecule has 1 aliphatic carbocycles. The van der Waals surface area contributed by atoms with Crippen molar-refractivity contribution in [1.82, 2.24) is 20.2 Å². The summed E-state index contributed by atoms with van der Waals surface area (Å²) in [6.07, 6.45) is 2.55. The molecule has 194 valence electrons. The Balaban J connectivity index is 1.54. The molecule has 0 spiro atoms. The molecule has 1 aliphatic heterocycles. The van der Waals surface area contributed by atoms with Crippen molar-refractivity contribution in [2.24, 2.45) is 0 Å². The van der Waals surface area contributed by atoms with E-state index in [9.17, 15) is 13.2 Å². The lowest BCUT2D eigenvalue weighted by Gasteiger charge is -2.41. The molecule has 0 bridgehead atoms. The summed E-state index contributed by atoms with van der Waals surface area (Å²) in [7, 11) is 0. The van der Waals surface area contributed by atoms with Crippen molar-refractivity contribution in [2.45, 2.75) is 50.4 Å². The van der Waals surface area contributed by atoms with Gasteiger partial charge in [-0.1, -0.05) is 0 Å². The summed E-state index contributed by atoms with van der Waals surface area (Å²) in [6, 6.07) is 3.10. The van der Waals surface area contributed by atoms with Crippen molar-refractivity contribution in [2.75, 3.05) is 32.9 Å². The topological polar surface area (TPSA) is 53.2 Å².